The molecule has 0 radical (unpaired) electrons. The van der Waals surface area contributed by atoms with Gasteiger partial charge in [0.1, 0.15) is 11.5 Å². The van der Waals surface area contributed by atoms with E-state index in [1.807, 2.05) is 47.6 Å². The van der Waals surface area contributed by atoms with Crippen LogP contribution in [0.3, 0.4) is 0 Å². The second kappa shape index (κ2) is 4.32. The molecule has 1 N–H and O–H groups in total. The SMILES string of the molecule is Cc1cc(C(C)NC(=O)C(C)(C)C)c(C)o1. The summed E-state index contributed by atoms with van der Waals surface area (Å²) in [6.07, 6.45) is 0. The molecule has 1 aromatic heterocycles. The maximum absolute atomic E-state index is 11.8. The lowest BCUT2D eigenvalue weighted by atomic mass is 9.95. The van der Waals surface area contributed by atoms with Gasteiger partial charge in [-0.05, 0) is 26.8 Å². The van der Waals surface area contributed by atoms with Crippen LogP contribution in [0, 0.1) is 19.3 Å². The smallest absolute Gasteiger partial charge is 0.225 e. The summed E-state index contributed by atoms with van der Waals surface area (Å²) in [6.45, 7) is 11.5. The predicted octanol–water partition coefficient (Wildman–Crippen LogP) is 3.12. The average molecular weight is 223 g/mol. The zero-order valence-corrected chi connectivity index (χ0v) is 11.0. The second-order valence-corrected chi connectivity index (χ2v) is 5.31. The molecule has 0 bridgehead atoms. The Labute approximate surface area is 97.2 Å². The van der Waals surface area contributed by atoms with Crippen molar-refractivity contribution >= 4 is 5.91 Å². The maximum atomic E-state index is 11.8. The zero-order valence-electron chi connectivity index (χ0n) is 11.0. The van der Waals surface area contributed by atoms with Gasteiger partial charge in [0, 0.05) is 11.0 Å². The molecule has 1 amide bonds. The van der Waals surface area contributed by atoms with Gasteiger partial charge in [0.2, 0.25) is 5.91 Å². The van der Waals surface area contributed by atoms with Gasteiger partial charge in [0.25, 0.3) is 0 Å². The fourth-order valence-electron chi connectivity index (χ4n) is 1.57. The fourth-order valence-corrected chi connectivity index (χ4v) is 1.57. The van der Waals surface area contributed by atoms with E-state index < -0.39 is 0 Å². The Hall–Kier alpha value is -1.25. The molecule has 3 nitrogen and oxygen atoms in total. The Bertz CT molecular complexity index is 385. The van der Waals surface area contributed by atoms with E-state index in [2.05, 4.69) is 5.32 Å². The minimum atomic E-state index is -0.360. The number of hydrogen-bond acceptors (Lipinski definition) is 2. The highest BCUT2D eigenvalue weighted by Crippen LogP contribution is 2.23. The minimum Gasteiger partial charge on any atom is -0.466 e. The summed E-state index contributed by atoms with van der Waals surface area (Å²) in [5.41, 5.74) is 0.691. The van der Waals surface area contributed by atoms with Crippen molar-refractivity contribution in [2.75, 3.05) is 0 Å². The number of aryl methyl sites for hydroxylation is 2. The van der Waals surface area contributed by atoms with Crippen LogP contribution < -0.4 is 5.32 Å². The van der Waals surface area contributed by atoms with Gasteiger partial charge in [0.05, 0.1) is 6.04 Å². The van der Waals surface area contributed by atoms with Crippen LogP contribution >= 0.6 is 0 Å². The Balaban J connectivity index is 2.77. The third-order valence-corrected chi connectivity index (χ3v) is 2.57. The maximum Gasteiger partial charge on any atom is 0.225 e. The molecule has 0 aliphatic rings. The lowest BCUT2D eigenvalue weighted by molar-refractivity contribution is -0.129. The molecule has 0 fully saturated rings. The molecule has 0 aliphatic carbocycles. The first kappa shape index (κ1) is 12.8. The highest BCUT2D eigenvalue weighted by molar-refractivity contribution is 5.81. The summed E-state index contributed by atoms with van der Waals surface area (Å²) in [6, 6.07) is 1.97. The Morgan fingerprint density at radius 2 is 1.94 bits per heavy atom. The van der Waals surface area contributed by atoms with Crippen molar-refractivity contribution in [1.82, 2.24) is 5.32 Å². The molecule has 0 saturated carbocycles. The van der Waals surface area contributed by atoms with Gasteiger partial charge in [-0.3, -0.25) is 4.79 Å². The number of carbonyl (C=O) groups is 1. The topological polar surface area (TPSA) is 42.2 Å². The third kappa shape index (κ3) is 2.87. The zero-order chi connectivity index (χ0) is 12.5. The van der Waals surface area contributed by atoms with E-state index in [0.717, 1.165) is 17.1 Å². The van der Waals surface area contributed by atoms with Gasteiger partial charge in [-0.2, -0.15) is 0 Å². The van der Waals surface area contributed by atoms with Gasteiger partial charge in [-0.25, -0.2) is 0 Å². The number of hydrogen-bond donors (Lipinski definition) is 1. The molecule has 16 heavy (non-hydrogen) atoms. The van der Waals surface area contributed by atoms with Crippen LogP contribution in [0.15, 0.2) is 10.5 Å². The number of carbonyl (C=O) groups excluding carboxylic acids is 1. The number of amides is 1. The average Bonchev–Trinajstić information content (AvgIpc) is 2.43. The highest BCUT2D eigenvalue weighted by Gasteiger charge is 2.24. The van der Waals surface area contributed by atoms with Crippen molar-refractivity contribution in [3.05, 3.63) is 23.2 Å². The second-order valence-electron chi connectivity index (χ2n) is 5.31. The van der Waals surface area contributed by atoms with Crippen LogP contribution in [0.2, 0.25) is 0 Å². The number of rotatable bonds is 2. The molecular formula is C13H21NO2. The van der Waals surface area contributed by atoms with Gasteiger partial charge in [-0.1, -0.05) is 20.8 Å². The quantitative estimate of drug-likeness (QED) is 0.837. The lowest BCUT2D eigenvalue weighted by Gasteiger charge is -2.21. The summed E-state index contributed by atoms with van der Waals surface area (Å²) in [4.78, 5) is 11.8. The van der Waals surface area contributed by atoms with Gasteiger partial charge in [-0.15, -0.1) is 0 Å². The van der Waals surface area contributed by atoms with E-state index in [1.165, 1.54) is 0 Å². The largest absolute Gasteiger partial charge is 0.466 e. The van der Waals surface area contributed by atoms with Crippen molar-refractivity contribution in [2.24, 2.45) is 5.41 Å². The summed E-state index contributed by atoms with van der Waals surface area (Å²) in [5, 5.41) is 2.99. The third-order valence-electron chi connectivity index (χ3n) is 2.57. The van der Waals surface area contributed by atoms with Crippen molar-refractivity contribution in [3.8, 4) is 0 Å². The van der Waals surface area contributed by atoms with Crippen LogP contribution in [-0.4, -0.2) is 5.91 Å². The van der Waals surface area contributed by atoms with E-state index in [-0.39, 0.29) is 17.4 Å². The Kier molecular flexibility index (Phi) is 3.46. The van der Waals surface area contributed by atoms with Gasteiger partial charge >= 0.3 is 0 Å². The molecule has 0 spiro atoms. The van der Waals surface area contributed by atoms with E-state index in [0.29, 0.717) is 0 Å². The summed E-state index contributed by atoms with van der Waals surface area (Å²) < 4.78 is 5.45. The molecule has 1 aromatic rings. The Morgan fingerprint density at radius 3 is 2.31 bits per heavy atom. The van der Waals surface area contributed by atoms with E-state index >= 15 is 0 Å². The number of furan rings is 1. The van der Waals surface area contributed by atoms with Crippen molar-refractivity contribution in [3.63, 3.8) is 0 Å². The van der Waals surface area contributed by atoms with Crippen LogP contribution in [0.1, 0.15) is 50.8 Å². The van der Waals surface area contributed by atoms with Crippen LogP contribution in [0.5, 0.6) is 0 Å². The summed E-state index contributed by atoms with van der Waals surface area (Å²) >= 11 is 0. The van der Waals surface area contributed by atoms with E-state index in [4.69, 9.17) is 4.42 Å². The molecule has 90 valence electrons. The van der Waals surface area contributed by atoms with Crippen molar-refractivity contribution in [2.45, 2.75) is 47.6 Å². The van der Waals surface area contributed by atoms with E-state index in [1.54, 1.807) is 0 Å². The normalized spacial score (nSPS) is 13.6. The van der Waals surface area contributed by atoms with Crippen LogP contribution in [0.4, 0.5) is 0 Å². The monoisotopic (exact) mass is 223 g/mol. The van der Waals surface area contributed by atoms with Crippen molar-refractivity contribution in [1.29, 1.82) is 0 Å². The van der Waals surface area contributed by atoms with Crippen LogP contribution in [-0.2, 0) is 4.79 Å². The first-order chi connectivity index (χ1) is 7.21. The Morgan fingerprint density at radius 1 is 1.38 bits per heavy atom. The molecule has 1 atom stereocenters. The van der Waals surface area contributed by atoms with Gasteiger partial charge < -0.3 is 9.73 Å². The highest BCUT2D eigenvalue weighted by atomic mass is 16.3. The summed E-state index contributed by atoms with van der Waals surface area (Å²) in [5.74, 6) is 1.81. The molecular weight excluding hydrogens is 202 g/mol. The lowest BCUT2D eigenvalue weighted by Crippen LogP contribution is -2.36. The molecule has 1 rings (SSSR count). The first-order valence-electron chi connectivity index (χ1n) is 5.59. The fraction of sp³-hybridized carbons (Fsp3) is 0.615. The van der Waals surface area contributed by atoms with E-state index in [9.17, 15) is 4.79 Å². The molecule has 0 aromatic carbocycles. The standard InChI is InChI=1S/C13H21NO2/c1-8-7-11(10(3)16-8)9(2)14-12(15)13(4,5)6/h7,9H,1-6H3,(H,14,15). The summed E-state index contributed by atoms with van der Waals surface area (Å²) in [7, 11) is 0. The minimum absolute atomic E-state index is 0.0100. The molecule has 3 heteroatoms. The van der Waals surface area contributed by atoms with Gasteiger partial charge in [0.15, 0.2) is 0 Å². The van der Waals surface area contributed by atoms with Crippen LogP contribution in [0.25, 0.3) is 0 Å². The first-order valence-corrected chi connectivity index (χ1v) is 5.59. The predicted molar refractivity (Wildman–Crippen MR) is 64.2 cm³/mol. The van der Waals surface area contributed by atoms with Crippen molar-refractivity contribution < 1.29 is 9.21 Å². The number of nitrogens with one attached hydrogen (secondary N) is 1. The molecule has 0 aliphatic heterocycles. The molecule has 1 unspecified atom stereocenters. The molecule has 0 saturated heterocycles. The molecule has 1 heterocycles.